The van der Waals surface area contributed by atoms with E-state index in [1.54, 1.807) is 0 Å². The Labute approximate surface area is 218 Å². The first-order valence-corrected chi connectivity index (χ1v) is 11.8. The van der Waals surface area contributed by atoms with Gasteiger partial charge in [-0.15, -0.1) is 22.6 Å². The summed E-state index contributed by atoms with van der Waals surface area (Å²) in [6.07, 6.45) is -9.51. The molecule has 2 aromatic rings. The number of carbonyl (C=O) groups is 1. The third kappa shape index (κ3) is 4.68. The maximum absolute atomic E-state index is 13.9. The second-order valence-electron chi connectivity index (χ2n) is 10.1. The highest BCUT2D eigenvalue weighted by atomic mass is 35.5. The van der Waals surface area contributed by atoms with Crippen LogP contribution in [0.15, 0.2) is 10.5 Å². The van der Waals surface area contributed by atoms with Crippen molar-refractivity contribution in [3.8, 4) is 11.6 Å². The van der Waals surface area contributed by atoms with E-state index in [1.165, 1.54) is 4.90 Å². The summed E-state index contributed by atoms with van der Waals surface area (Å²) in [5.41, 5.74) is -1.25. The van der Waals surface area contributed by atoms with Crippen LogP contribution in [-0.2, 0) is 11.8 Å². The minimum Gasteiger partial charge on any atom is -0.416 e. The van der Waals surface area contributed by atoms with Crippen LogP contribution in [0, 0.1) is 5.41 Å². The van der Waals surface area contributed by atoms with E-state index in [1.807, 2.05) is 0 Å². The summed E-state index contributed by atoms with van der Waals surface area (Å²) < 4.78 is 88.4. The molecule has 2 fully saturated rings. The number of hydrogen-bond donors (Lipinski definition) is 3. The van der Waals surface area contributed by atoms with Crippen LogP contribution in [0.1, 0.15) is 60.5 Å². The van der Waals surface area contributed by atoms with E-state index in [0.29, 0.717) is 18.9 Å². The molecule has 5 rings (SSSR count). The molecule has 1 saturated heterocycles. The van der Waals surface area contributed by atoms with Crippen molar-refractivity contribution in [2.75, 3.05) is 25.4 Å². The molecule has 1 amide bonds. The molecule has 1 saturated carbocycles. The highest BCUT2D eigenvalue weighted by molar-refractivity contribution is 5.95. The number of fused-ring (bicyclic) bond motifs is 5. The summed E-state index contributed by atoms with van der Waals surface area (Å²) >= 11 is 0. The Morgan fingerprint density at radius 2 is 1.76 bits per heavy atom. The number of aliphatic hydroxyl groups is 1. The van der Waals surface area contributed by atoms with Gasteiger partial charge in [0.1, 0.15) is 5.69 Å². The van der Waals surface area contributed by atoms with Gasteiger partial charge < -0.3 is 25.5 Å². The minimum absolute atomic E-state index is 0. The number of halogens is 7. The lowest BCUT2D eigenvalue weighted by Crippen LogP contribution is -2.65. The Balaban J connectivity index is 0.00000336. The molecule has 1 atom stereocenters. The number of nitrogens with zero attached hydrogens (tertiary/aromatic N) is 4. The fourth-order valence-electron chi connectivity index (χ4n) is 5.29. The van der Waals surface area contributed by atoms with Crippen molar-refractivity contribution in [1.29, 1.82) is 0 Å². The lowest BCUT2D eigenvalue weighted by atomic mass is 9.61. The third-order valence-electron chi connectivity index (χ3n) is 7.49. The molecule has 0 aromatic carbocycles. The SMILES string of the molecule is Cl.Nc1cc(C(F)(F)F)c2nc1-c1nnc(o1)[C@@](O)(C(F)(F)F)CCCCCN(C1CC3(CNC3)C1)C2=O. The third-order valence-corrected chi connectivity index (χ3v) is 7.49. The molecule has 0 unspecified atom stereocenters. The highest BCUT2D eigenvalue weighted by Gasteiger charge is 2.58. The Kier molecular flexibility index (Phi) is 7.10. The highest BCUT2D eigenvalue weighted by Crippen LogP contribution is 2.48. The van der Waals surface area contributed by atoms with Gasteiger partial charge in [0.15, 0.2) is 5.69 Å². The summed E-state index contributed by atoms with van der Waals surface area (Å²) in [6, 6.07) is 0.144. The number of hydrogen-bond acceptors (Lipinski definition) is 8. The van der Waals surface area contributed by atoms with Crippen LogP contribution in [0.5, 0.6) is 0 Å². The number of amides is 1. The zero-order chi connectivity index (χ0) is 26.8. The van der Waals surface area contributed by atoms with Crippen molar-refractivity contribution >= 4 is 24.0 Å². The van der Waals surface area contributed by atoms with Crippen molar-refractivity contribution in [2.45, 2.75) is 62.5 Å². The molecule has 0 radical (unpaired) electrons. The Morgan fingerprint density at radius 3 is 2.34 bits per heavy atom. The first-order chi connectivity index (χ1) is 17.2. The van der Waals surface area contributed by atoms with Gasteiger partial charge in [-0.3, -0.25) is 4.79 Å². The molecule has 4 N–H and O–H groups in total. The van der Waals surface area contributed by atoms with Gasteiger partial charge in [0.2, 0.25) is 5.60 Å². The summed E-state index contributed by atoms with van der Waals surface area (Å²) in [7, 11) is 0. The number of anilines is 1. The maximum Gasteiger partial charge on any atom is 0.426 e. The first kappa shape index (κ1) is 28.4. The quantitative estimate of drug-likeness (QED) is 0.443. The zero-order valence-corrected chi connectivity index (χ0v) is 20.6. The molecule has 1 aliphatic carbocycles. The van der Waals surface area contributed by atoms with Gasteiger partial charge in [-0.25, -0.2) is 4.98 Å². The number of aromatic nitrogens is 3. The van der Waals surface area contributed by atoms with Gasteiger partial charge >= 0.3 is 12.4 Å². The smallest absolute Gasteiger partial charge is 0.416 e. The first-order valence-electron chi connectivity index (χ1n) is 11.8. The van der Waals surface area contributed by atoms with Crippen LogP contribution in [0.4, 0.5) is 32.0 Å². The molecule has 4 bridgehead atoms. The Hall–Kier alpha value is -2.65. The fraction of sp³-hybridized carbons (Fsp3) is 0.636. The van der Waals surface area contributed by atoms with E-state index < -0.39 is 64.7 Å². The lowest BCUT2D eigenvalue weighted by molar-refractivity contribution is -0.277. The van der Waals surface area contributed by atoms with Gasteiger partial charge in [0, 0.05) is 25.7 Å². The number of nitrogens with one attached hydrogen (secondary N) is 1. The molecule has 9 nitrogen and oxygen atoms in total. The van der Waals surface area contributed by atoms with Crippen molar-refractivity contribution in [3.63, 3.8) is 0 Å². The number of nitrogen functional groups attached to an aromatic ring is 1. The van der Waals surface area contributed by atoms with E-state index in [-0.39, 0.29) is 49.7 Å². The van der Waals surface area contributed by atoms with E-state index in [9.17, 15) is 36.2 Å². The summed E-state index contributed by atoms with van der Waals surface area (Å²) in [5, 5.41) is 20.4. The second-order valence-corrected chi connectivity index (χ2v) is 10.1. The van der Waals surface area contributed by atoms with E-state index in [4.69, 9.17) is 10.2 Å². The summed E-state index contributed by atoms with van der Waals surface area (Å²) in [6.45, 7) is 1.52. The minimum atomic E-state index is -5.17. The zero-order valence-electron chi connectivity index (χ0n) is 19.8. The molecule has 2 aliphatic heterocycles. The van der Waals surface area contributed by atoms with Crippen LogP contribution in [0.3, 0.4) is 0 Å². The van der Waals surface area contributed by atoms with Crippen LogP contribution in [0.25, 0.3) is 11.6 Å². The molecular weight excluding hydrogens is 546 g/mol. The van der Waals surface area contributed by atoms with Crippen LogP contribution >= 0.6 is 12.4 Å². The molecule has 3 aliphatic rings. The van der Waals surface area contributed by atoms with Crippen LogP contribution in [-0.4, -0.2) is 62.9 Å². The number of rotatable bonds is 1. The monoisotopic (exact) mass is 570 g/mol. The van der Waals surface area contributed by atoms with Crippen molar-refractivity contribution < 1.29 is 40.7 Å². The van der Waals surface area contributed by atoms with Crippen LogP contribution < -0.4 is 11.1 Å². The molecule has 1 spiro atoms. The number of nitrogens with two attached hydrogens (primary N) is 1. The molecule has 2 aromatic heterocycles. The average Bonchev–Trinajstić information content (AvgIpc) is 3.23. The number of pyridine rings is 1. The van der Waals surface area contributed by atoms with E-state index >= 15 is 0 Å². The van der Waals surface area contributed by atoms with Gasteiger partial charge in [0.05, 0.1) is 11.3 Å². The Morgan fingerprint density at radius 1 is 1.08 bits per heavy atom. The van der Waals surface area contributed by atoms with Gasteiger partial charge in [0.25, 0.3) is 17.7 Å². The van der Waals surface area contributed by atoms with Crippen molar-refractivity contribution in [2.24, 2.45) is 5.41 Å². The van der Waals surface area contributed by atoms with Crippen molar-refractivity contribution in [1.82, 2.24) is 25.4 Å². The van der Waals surface area contributed by atoms with Gasteiger partial charge in [-0.1, -0.05) is 6.42 Å². The summed E-state index contributed by atoms with van der Waals surface area (Å²) in [5.74, 6) is -2.88. The molecule has 38 heavy (non-hydrogen) atoms. The topological polar surface area (TPSA) is 130 Å². The molecule has 4 heterocycles. The predicted octanol–water partition coefficient (Wildman–Crippen LogP) is 3.67. The van der Waals surface area contributed by atoms with E-state index in [2.05, 4.69) is 20.5 Å². The van der Waals surface area contributed by atoms with Gasteiger partial charge in [-0.05, 0) is 43.6 Å². The average molecular weight is 571 g/mol. The van der Waals surface area contributed by atoms with Gasteiger partial charge in [-0.2, -0.15) is 26.3 Å². The van der Waals surface area contributed by atoms with Crippen molar-refractivity contribution in [3.05, 3.63) is 23.2 Å². The lowest BCUT2D eigenvalue weighted by Gasteiger charge is -2.57. The number of alkyl halides is 6. The maximum atomic E-state index is 13.9. The Bertz CT molecular complexity index is 1210. The molecule has 210 valence electrons. The molecule has 16 heteroatoms. The fourth-order valence-corrected chi connectivity index (χ4v) is 5.29. The molecular formula is C22H25ClF6N6O3. The van der Waals surface area contributed by atoms with Crippen LogP contribution in [0.2, 0.25) is 0 Å². The second kappa shape index (κ2) is 9.52. The normalized spacial score (nSPS) is 24.3. The van der Waals surface area contributed by atoms with E-state index in [0.717, 1.165) is 13.1 Å². The predicted molar refractivity (Wildman–Crippen MR) is 122 cm³/mol. The largest absolute Gasteiger partial charge is 0.426 e. The number of carbonyl (C=O) groups excluding carboxylic acids is 1. The summed E-state index contributed by atoms with van der Waals surface area (Å²) in [4.78, 5) is 18.7. The standard InChI is InChI=1S/C22H24F6N6O3.ClH/c23-21(24,25)12-6-13(29)15-16-32-33-18(37-16)20(36,22(26,27)28)4-2-1-3-5-34(17(35)14(12)31-15)11-7-19(8-11)9-30-10-19;/h6,11,30,36H,1-5,7-10,29H2;1H/t20-;/m1./s1.